The lowest BCUT2D eigenvalue weighted by Gasteiger charge is -2.39. The van der Waals surface area contributed by atoms with Crippen LogP contribution in [0.4, 0.5) is 0 Å². The summed E-state index contributed by atoms with van der Waals surface area (Å²) in [5.74, 6) is 3.40. The third-order valence-corrected chi connectivity index (χ3v) is 4.68. The molecule has 2 N–H and O–H groups in total. The van der Waals surface area contributed by atoms with Crippen molar-refractivity contribution in [2.24, 2.45) is 23.7 Å². The lowest BCUT2D eigenvalue weighted by atomic mass is 9.72. The molecule has 1 rings (SSSR count). The van der Waals surface area contributed by atoms with E-state index in [1.807, 2.05) is 0 Å². The molecule has 18 heavy (non-hydrogen) atoms. The smallest absolute Gasteiger partial charge is 0.00955 e. The molecule has 1 fully saturated rings. The fourth-order valence-corrected chi connectivity index (χ4v) is 3.36. The SMILES string of the molecule is CCC(CNC)C1CCC(C)C(NCC(C)C)C1. The molecule has 4 unspecified atom stereocenters. The molecule has 2 heteroatoms. The van der Waals surface area contributed by atoms with Gasteiger partial charge in [-0.3, -0.25) is 0 Å². The first-order valence-corrected chi connectivity index (χ1v) is 7.96. The zero-order valence-electron chi connectivity index (χ0n) is 13.1. The van der Waals surface area contributed by atoms with E-state index in [2.05, 4.69) is 45.4 Å². The van der Waals surface area contributed by atoms with Crippen LogP contribution in [0.25, 0.3) is 0 Å². The highest BCUT2D eigenvalue weighted by Gasteiger charge is 2.31. The van der Waals surface area contributed by atoms with E-state index < -0.39 is 0 Å². The van der Waals surface area contributed by atoms with Crippen LogP contribution < -0.4 is 10.6 Å². The summed E-state index contributed by atoms with van der Waals surface area (Å²) >= 11 is 0. The molecule has 0 spiro atoms. The highest BCUT2D eigenvalue weighted by atomic mass is 14.9. The minimum absolute atomic E-state index is 0.747. The van der Waals surface area contributed by atoms with E-state index in [1.165, 1.54) is 38.8 Å². The Balaban J connectivity index is 2.48. The second-order valence-electron chi connectivity index (χ2n) is 6.69. The molecule has 0 heterocycles. The van der Waals surface area contributed by atoms with Gasteiger partial charge in [0.2, 0.25) is 0 Å². The predicted octanol–water partition coefficient (Wildman–Crippen LogP) is 3.28. The Morgan fingerprint density at radius 3 is 2.44 bits per heavy atom. The highest BCUT2D eigenvalue weighted by molar-refractivity contribution is 4.86. The van der Waals surface area contributed by atoms with Crippen molar-refractivity contribution in [3.63, 3.8) is 0 Å². The molecule has 2 nitrogen and oxygen atoms in total. The third-order valence-electron chi connectivity index (χ3n) is 4.68. The molecule has 0 radical (unpaired) electrons. The van der Waals surface area contributed by atoms with E-state index in [0.29, 0.717) is 0 Å². The van der Waals surface area contributed by atoms with Crippen molar-refractivity contribution in [3.8, 4) is 0 Å². The fraction of sp³-hybridized carbons (Fsp3) is 1.00. The monoisotopic (exact) mass is 254 g/mol. The first-order chi connectivity index (χ1) is 8.58. The van der Waals surface area contributed by atoms with Gasteiger partial charge < -0.3 is 10.6 Å². The van der Waals surface area contributed by atoms with Crippen molar-refractivity contribution >= 4 is 0 Å². The van der Waals surface area contributed by atoms with E-state index in [-0.39, 0.29) is 0 Å². The topological polar surface area (TPSA) is 24.1 Å². The van der Waals surface area contributed by atoms with Gasteiger partial charge in [0.15, 0.2) is 0 Å². The van der Waals surface area contributed by atoms with E-state index in [1.54, 1.807) is 0 Å². The maximum absolute atomic E-state index is 3.80. The zero-order chi connectivity index (χ0) is 13.5. The normalized spacial score (nSPS) is 30.7. The van der Waals surface area contributed by atoms with E-state index in [4.69, 9.17) is 0 Å². The second kappa shape index (κ2) is 8.16. The van der Waals surface area contributed by atoms with E-state index >= 15 is 0 Å². The summed E-state index contributed by atoms with van der Waals surface area (Å²) in [5, 5.41) is 7.17. The molecule has 0 amide bonds. The summed E-state index contributed by atoms with van der Waals surface area (Å²) in [7, 11) is 2.09. The van der Waals surface area contributed by atoms with Gasteiger partial charge in [-0.05, 0) is 63.1 Å². The van der Waals surface area contributed by atoms with Gasteiger partial charge in [0.1, 0.15) is 0 Å². The molecule has 4 atom stereocenters. The van der Waals surface area contributed by atoms with Crippen LogP contribution in [0.1, 0.15) is 53.4 Å². The molecule has 0 aromatic heterocycles. The van der Waals surface area contributed by atoms with Crippen LogP contribution in [0.3, 0.4) is 0 Å². The molecule has 0 aromatic rings. The maximum Gasteiger partial charge on any atom is 0.00955 e. The third kappa shape index (κ3) is 4.89. The first-order valence-electron chi connectivity index (χ1n) is 7.96. The minimum Gasteiger partial charge on any atom is -0.319 e. The van der Waals surface area contributed by atoms with E-state index in [9.17, 15) is 0 Å². The first kappa shape index (κ1) is 16.0. The lowest BCUT2D eigenvalue weighted by Crippen LogP contribution is -2.43. The van der Waals surface area contributed by atoms with Crippen molar-refractivity contribution in [1.29, 1.82) is 0 Å². The van der Waals surface area contributed by atoms with Crippen LogP contribution in [-0.4, -0.2) is 26.2 Å². The van der Waals surface area contributed by atoms with Crippen molar-refractivity contribution < 1.29 is 0 Å². The Hall–Kier alpha value is -0.0800. The summed E-state index contributed by atoms with van der Waals surface area (Å²) < 4.78 is 0. The molecule has 0 bridgehead atoms. The number of rotatable bonds is 7. The second-order valence-corrected chi connectivity index (χ2v) is 6.69. The Labute approximate surface area is 114 Å². The lowest BCUT2D eigenvalue weighted by molar-refractivity contribution is 0.159. The van der Waals surface area contributed by atoms with E-state index in [0.717, 1.165) is 29.7 Å². The number of nitrogens with one attached hydrogen (secondary N) is 2. The quantitative estimate of drug-likeness (QED) is 0.728. The predicted molar refractivity (Wildman–Crippen MR) is 80.8 cm³/mol. The highest BCUT2D eigenvalue weighted by Crippen LogP contribution is 2.34. The van der Waals surface area contributed by atoms with Gasteiger partial charge >= 0.3 is 0 Å². The summed E-state index contributed by atoms with van der Waals surface area (Å²) in [6.07, 6.45) is 5.53. The molecule has 0 aliphatic heterocycles. The number of hydrogen-bond acceptors (Lipinski definition) is 2. The average Bonchev–Trinajstić information content (AvgIpc) is 2.35. The summed E-state index contributed by atoms with van der Waals surface area (Å²) in [6, 6.07) is 0.747. The van der Waals surface area contributed by atoms with Crippen molar-refractivity contribution in [3.05, 3.63) is 0 Å². The molecule has 0 aromatic carbocycles. The Morgan fingerprint density at radius 1 is 1.17 bits per heavy atom. The average molecular weight is 254 g/mol. The summed E-state index contributed by atoms with van der Waals surface area (Å²) in [5.41, 5.74) is 0. The van der Waals surface area contributed by atoms with Crippen LogP contribution in [0, 0.1) is 23.7 Å². The molecular weight excluding hydrogens is 220 g/mol. The van der Waals surface area contributed by atoms with Crippen LogP contribution in [0.5, 0.6) is 0 Å². The maximum atomic E-state index is 3.80. The summed E-state index contributed by atoms with van der Waals surface area (Å²) in [6.45, 7) is 11.7. The van der Waals surface area contributed by atoms with Gasteiger partial charge in [-0.1, -0.05) is 34.1 Å². The van der Waals surface area contributed by atoms with Crippen molar-refractivity contribution in [2.45, 2.75) is 59.4 Å². The minimum atomic E-state index is 0.747. The van der Waals surface area contributed by atoms with Crippen molar-refractivity contribution in [1.82, 2.24) is 10.6 Å². The molecule has 0 saturated heterocycles. The van der Waals surface area contributed by atoms with Gasteiger partial charge in [-0.15, -0.1) is 0 Å². The van der Waals surface area contributed by atoms with Gasteiger partial charge in [0.25, 0.3) is 0 Å². The molecule has 1 aliphatic rings. The Morgan fingerprint density at radius 2 is 1.89 bits per heavy atom. The number of hydrogen-bond donors (Lipinski definition) is 2. The van der Waals surface area contributed by atoms with Crippen LogP contribution >= 0.6 is 0 Å². The van der Waals surface area contributed by atoms with Crippen molar-refractivity contribution in [2.75, 3.05) is 20.1 Å². The molecule has 108 valence electrons. The molecular formula is C16H34N2. The fourth-order valence-electron chi connectivity index (χ4n) is 3.36. The van der Waals surface area contributed by atoms with Gasteiger partial charge in [0, 0.05) is 6.04 Å². The zero-order valence-corrected chi connectivity index (χ0v) is 13.1. The summed E-state index contributed by atoms with van der Waals surface area (Å²) in [4.78, 5) is 0. The molecule has 1 saturated carbocycles. The molecule has 1 aliphatic carbocycles. The van der Waals surface area contributed by atoms with Gasteiger partial charge in [0.05, 0.1) is 0 Å². The van der Waals surface area contributed by atoms with Crippen LogP contribution in [-0.2, 0) is 0 Å². The Kier molecular flexibility index (Phi) is 7.25. The van der Waals surface area contributed by atoms with Gasteiger partial charge in [-0.25, -0.2) is 0 Å². The Bertz CT molecular complexity index is 215. The van der Waals surface area contributed by atoms with Gasteiger partial charge in [-0.2, -0.15) is 0 Å². The largest absolute Gasteiger partial charge is 0.319 e. The van der Waals surface area contributed by atoms with Crippen LogP contribution in [0.15, 0.2) is 0 Å². The standard InChI is InChI=1S/C16H34N2/c1-6-14(11-17-5)15-8-7-13(4)16(9-15)18-10-12(2)3/h12-18H,6-11H2,1-5H3. The van der Waals surface area contributed by atoms with Crippen LogP contribution in [0.2, 0.25) is 0 Å².